The summed E-state index contributed by atoms with van der Waals surface area (Å²) in [5.41, 5.74) is 0.856. The molecule has 0 saturated heterocycles. The van der Waals surface area contributed by atoms with Crippen LogP contribution >= 0.6 is 11.6 Å². The fourth-order valence-corrected chi connectivity index (χ4v) is 1.63. The monoisotopic (exact) mass is 280 g/mol. The number of nitrogens with one attached hydrogen (secondary N) is 2. The van der Waals surface area contributed by atoms with Crippen LogP contribution in [0.25, 0.3) is 0 Å². The van der Waals surface area contributed by atoms with Crippen molar-refractivity contribution in [3.05, 3.63) is 35.2 Å². The van der Waals surface area contributed by atoms with Crippen molar-refractivity contribution in [2.75, 3.05) is 11.9 Å². The van der Waals surface area contributed by atoms with Crippen LogP contribution in [0.2, 0.25) is 5.02 Å². The van der Waals surface area contributed by atoms with Gasteiger partial charge in [0.25, 0.3) is 0 Å². The van der Waals surface area contributed by atoms with Gasteiger partial charge in [-0.3, -0.25) is 0 Å². The topological polar surface area (TPSA) is 63.0 Å². The maximum atomic E-state index is 5.81. The fourth-order valence-electron chi connectivity index (χ4n) is 1.50. The molecule has 5 nitrogen and oxygen atoms in total. The Bertz CT molecular complexity index is 510. The van der Waals surface area contributed by atoms with Crippen molar-refractivity contribution in [1.82, 2.24) is 15.5 Å². The Hall–Kier alpha value is -1.59. The molecule has 0 spiro atoms. The van der Waals surface area contributed by atoms with Gasteiger partial charge >= 0.3 is 6.01 Å². The van der Waals surface area contributed by atoms with Gasteiger partial charge in [-0.15, -0.1) is 5.10 Å². The van der Waals surface area contributed by atoms with Crippen LogP contribution in [0.1, 0.15) is 19.7 Å². The van der Waals surface area contributed by atoms with Crippen molar-refractivity contribution in [2.45, 2.75) is 20.4 Å². The lowest BCUT2D eigenvalue weighted by Gasteiger charge is -2.04. The largest absolute Gasteiger partial charge is 0.406 e. The standard InChI is InChI=1S/C13H17ClN4O/c1-9(2)7-15-8-12-17-18-13(19-12)16-11-5-3-10(14)4-6-11/h3-6,9,15H,7-8H2,1-2H3,(H,16,18). The number of hydrogen-bond acceptors (Lipinski definition) is 5. The minimum atomic E-state index is 0.378. The molecule has 0 aliphatic heterocycles. The summed E-state index contributed by atoms with van der Waals surface area (Å²) in [6, 6.07) is 7.67. The number of anilines is 2. The maximum absolute atomic E-state index is 5.81. The molecule has 0 radical (unpaired) electrons. The first-order valence-electron chi connectivity index (χ1n) is 6.19. The maximum Gasteiger partial charge on any atom is 0.320 e. The molecule has 0 bridgehead atoms. The molecule has 6 heteroatoms. The van der Waals surface area contributed by atoms with Gasteiger partial charge in [0.05, 0.1) is 6.54 Å². The second-order valence-corrected chi connectivity index (χ2v) is 5.09. The molecule has 0 fully saturated rings. The number of aromatic nitrogens is 2. The first-order valence-corrected chi connectivity index (χ1v) is 6.57. The Kier molecular flexibility index (Phi) is 4.76. The summed E-state index contributed by atoms with van der Waals surface area (Å²) < 4.78 is 5.47. The molecule has 0 amide bonds. The van der Waals surface area contributed by atoms with Gasteiger partial charge < -0.3 is 15.1 Å². The van der Waals surface area contributed by atoms with Crippen molar-refractivity contribution < 1.29 is 4.42 Å². The highest BCUT2D eigenvalue weighted by Gasteiger charge is 2.06. The zero-order valence-corrected chi connectivity index (χ0v) is 11.7. The zero-order valence-electron chi connectivity index (χ0n) is 11.0. The molecule has 2 N–H and O–H groups in total. The number of nitrogens with zero attached hydrogens (tertiary/aromatic N) is 2. The van der Waals surface area contributed by atoms with Crippen molar-refractivity contribution in [3.8, 4) is 0 Å². The molecule has 0 saturated carbocycles. The fraction of sp³-hybridized carbons (Fsp3) is 0.385. The Morgan fingerprint density at radius 2 is 1.95 bits per heavy atom. The first kappa shape index (κ1) is 13.8. The molecule has 0 aliphatic carbocycles. The van der Waals surface area contributed by atoms with Crippen LogP contribution in [-0.4, -0.2) is 16.7 Å². The van der Waals surface area contributed by atoms with E-state index in [2.05, 4.69) is 34.7 Å². The smallest absolute Gasteiger partial charge is 0.320 e. The minimum absolute atomic E-state index is 0.378. The van der Waals surface area contributed by atoms with E-state index in [0.29, 0.717) is 29.4 Å². The average Bonchev–Trinajstić information content (AvgIpc) is 2.79. The summed E-state index contributed by atoms with van der Waals surface area (Å²) in [4.78, 5) is 0. The van der Waals surface area contributed by atoms with E-state index < -0.39 is 0 Å². The third-order valence-electron chi connectivity index (χ3n) is 2.39. The quantitative estimate of drug-likeness (QED) is 0.851. The van der Waals surface area contributed by atoms with Crippen LogP contribution in [0.15, 0.2) is 28.7 Å². The second-order valence-electron chi connectivity index (χ2n) is 4.66. The third kappa shape index (κ3) is 4.54. The molecule has 1 heterocycles. The van der Waals surface area contributed by atoms with E-state index in [4.69, 9.17) is 16.0 Å². The van der Waals surface area contributed by atoms with Gasteiger partial charge in [-0.25, -0.2) is 0 Å². The highest BCUT2D eigenvalue weighted by Crippen LogP contribution is 2.17. The summed E-state index contributed by atoms with van der Waals surface area (Å²) in [7, 11) is 0. The Balaban J connectivity index is 1.88. The van der Waals surface area contributed by atoms with E-state index in [9.17, 15) is 0 Å². The molecule has 102 valence electrons. The molecule has 19 heavy (non-hydrogen) atoms. The third-order valence-corrected chi connectivity index (χ3v) is 2.64. The first-order chi connectivity index (χ1) is 9.13. The number of hydrogen-bond donors (Lipinski definition) is 2. The van der Waals surface area contributed by atoms with Crippen LogP contribution in [0.4, 0.5) is 11.7 Å². The summed E-state index contributed by atoms with van der Waals surface area (Å²) in [6.07, 6.45) is 0. The molecule has 2 rings (SSSR count). The molecule has 0 atom stereocenters. The van der Waals surface area contributed by atoms with Gasteiger partial charge in [0, 0.05) is 10.7 Å². The Labute approximate surface area is 117 Å². The van der Waals surface area contributed by atoms with Gasteiger partial charge in [0.1, 0.15) is 0 Å². The van der Waals surface area contributed by atoms with Gasteiger partial charge in [-0.05, 0) is 36.7 Å². The lowest BCUT2D eigenvalue weighted by molar-refractivity contribution is 0.460. The van der Waals surface area contributed by atoms with E-state index in [1.165, 1.54) is 0 Å². The van der Waals surface area contributed by atoms with Crippen LogP contribution in [0.3, 0.4) is 0 Å². The van der Waals surface area contributed by atoms with E-state index in [-0.39, 0.29) is 0 Å². The lowest BCUT2D eigenvalue weighted by atomic mass is 10.2. The van der Waals surface area contributed by atoms with E-state index >= 15 is 0 Å². The normalized spacial score (nSPS) is 10.9. The highest BCUT2D eigenvalue weighted by atomic mass is 35.5. The average molecular weight is 281 g/mol. The van der Waals surface area contributed by atoms with Crippen LogP contribution in [0.5, 0.6) is 0 Å². The molecule has 0 aliphatic rings. The van der Waals surface area contributed by atoms with Gasteiger partial charge in [0.15, 0.2) is 0 Å². The van der Waals surface area contributed by atoms with Crippen molar-refractivity contribution in [1.29, 1.82) is 0 Å². The summed E-state index contributed by atoms with van der Waals surface area (Å²) in [6.45, 7) is 5.79. The highest BCUT2D eigenvalue weighted by molar-refractivity contribution is 6.30. The molecular weight excluding hydrogens is 264 g/mol. The summed E-state index contributed by atoms with van der Waals surface area (Å²) >= 11 is 5.81. The minimum Gasteiger partial charge on any atom is -0.406 e. The van der Waals surface area contributed by atoms with Gasteiger partial charge in [-0.1, -0.05) is 30.5 Å². The molecule has 2 aromatic rings. The Morgan fingerprint density at radius 3 is 2.63 bits per heavy atom. The van der Waals surface area contributed by atoms with E-state index in [1.807, 2.05) is 12.1 Å². The van der Waals surface area contributed by atoms with E-state index in [0.717, 1.165) is 12.2 Å². The Morgan fingerprint density at radius 1 is 1.21 bits per heavy atom. The van der Waals surface area contributed by atoms with Gasteiger partial charge in [-0.2, -0.15) is 0 Å². The summed E-state index contributed by atoms with van der Waals surface area (Å²) in [5, 5.41) is 14.8. The zero-order chi connectivity index (χ0) is 13.7. The van der Waals surface area contributed by atoms with Crippen LogP contribution in [-0.2, 0) is 6.54 Å². The van der Waals surface area contributed by atoms with E-state index in [1.54, 1.807) is 12.1 Å². The number of halogens is 1. The molecule has 1 aromatic carbocycles. The summed E-state index contributed by atoms with van der Waals surface area (Å²) in [5.74, 6) is 1.16. The van der Waals surface area contributed by atoms with Crippen molar-refractivity contribution in [3.63, 3.8) is 0 Å². The predicted molar refractivity (Wildman–Crippen MR) is 75.6 cm³/mol. The van der Waals surface area contributed by atoms with Crippen molar-refractivity contribution >= 4 is 23.3 Å². The predicted octanol–water partition coefficient (Wildman–Crippen LogP) is 3.21. The van der Waals surface area contributed by atoms with Crippen LogP contribution < -0.4 is 10.6 Å². The molecule has 1 aromatic heterocycles. The number of rotatable bonds is 6. The SMILES string of the molecule is CC(C)CNCc1nnc(Nc2ccc(Cl)cc2)o1. The molecule has 0 unspecified atom stereocenters. The lowest BCUT2D eigenvalue weighted by Crippen LogP contribution is -2.19. The van der Waals surface area contributed by atoms with Gasteiger partial charge in [0.2, 0.25) is 5.89 Å². The van der Waals surface area contributed by atoms with Crippen LogP contribution in [0, 0.1) is 5.92 Å². The van der Waals surface area contributed by atoms with Crippen molar-refractivity contribution in [2.24, 2.45) is 5.92 Å². The second kappa shape index (κ2) is 6.54. The number of benzene rings is 1. The molecular formula is C13H17ClN4O.